The van der Waals surface area contributed by atoms with Crippen LogP contribution in [0.3, 0.4) is 0 Å². The van der Waals surface area contributed by atoms with Crippen LogP contribution in [0.5, 0.6) is 0 Å². The van der Waals surface area contributed by atoms with Crippen LogP contribution in [0.1, 0.15) is 47.8 Å². The van der Waals surface area contributed by atoms with Crippen LogP contribution < -0.4 is 11.2 Å². The number of carbonyl (C=O) groups is 1. The molecule has 1 amide bonds. The van der Waals surface area contributed by atoms with E-state index in [0.717, 1.165) is 18.4 Å². The van der Waals surface area contributed by atoms with Gasteiger partial charge in [-0.25, -0.2) is 9.78 Å². The molecule has 1 atom stereocenters. The number of hydrogen-bond donors (Lipinski definition) is 1. The molecule has 0 bridgehead atoms. The predicted molar refractivity (Wildman–Crippen MR) is 107 cm³/mol. The summed E-state index contributed by atoms with van der Waals surface area (Å²) in [6, 6.07) is 8.67. The van der Waals surface area contributed by atoms with E-state index in [-0.39, 0.29) is 23.4 Å². The molecule has 1 N–H and O–H groups in total. The first-order valence-electron chi connectivity index (χ1n) is 9.04. The lowest BCUT2D eigenvalue weighted by molar-refractivity contribution is 0.0742. The minimum Gasteiger partial charge on any atom is -0.335 e. The Bertz CT molecular complexity index is 1180. The lowest BCUT2D eigenvalue weighted by Gasteiger charge is -2.25. The van der Waals surface area contributed by atoms with E-state index in [1.165, 1.54) is 16.8 Å². The van der Waals surface area contributed by atoms with E-state index in [1.807, 2.05) is 19.1 Å². The Labute approximate surface area is 165 Å². The molecule has 1 aliphatic rings. The summed E-state index contributed by atoms with van der Waals surface area (Å²) in [6.45, 7) is 1.91. The summed E-state index contributed by atoms with van der Waals surface area (Å²) in [6.07, 6.45) is 3.18. The molecule has 0 radical (unpaired) electrons. The maximum absolute atomic E-state index is 13.0. The maximum Gasteiger partial charge on any atom is 0.330 e. The Morgan fingerprint density at radius 3 is 2.61 bits per heavy atom. The van der Waals surface area contributed by atoms with Gasteiger partial charge in [0.05, 0.1) is 17.0 Å². The van der Waals surface area contributed by atoms with E-state index in [2.05, 4.69) is 9.97 Å². The number of H-pyrrole nitrogens is 1. The number of amides is 1. The molecule has 0 aliphatic heterocycles. The number of rotatable bonds is 4. The SMILES string of the molecule is C[C@H](c1ccc(Cl)cc1)N(C)C(=O)c1cnc2c(c1)c(=O)[nH]c(=O)n2C1CC1. The van der Waals surface area contributed by atoms with Gasteiger partial charge >= 0.3 is 5.69 Å². The van der Waals surface area contributed by atoms with Crippen molar-refractivity contribution in [1.29, 1.82) is 0 Å². The number of fused-ring (bicyclic) bond motifs is 1. The molecule has 1 aromatic carbocycles. The number of carbonyl (C=O) groups excluding carboxylic acids is 1. The molecule has 7 nitrogen and oxygen atoms in total. The Kier molecular flexibility index (Phi) is 4.55. The molecular formula is C20H19ClN4O3. The fourth-order valence-corrected chi connectivity index (χ4v) is 3.40. The summed E-state index contributed by atoms with van der Waals surface area (Å²) in [7, 11) is 1.70. The predicted octanol–water partition coefficient (Wildman–Crippen LogP) is 2.91. The average molecular weight is 399 g/mol. The molecule has 0 saturated heterocycles. The molecule has 2 heterocycles. The van der Waals surface area contributed by atoms with Crippen LogP contribution in [0, 0.1) is 0 Å². The van der Waals surface area contributed by atoms with Crippen LogP contribution in [0.4, 0.5) is 0 Å². The van der Waals surface area contributed by atoms with Gasteiger partial charge in [0.1, 0.15) is 5.65 Å². The minimum absolute atomic E-state index is 0.0634. The van der Waals surface area contributed by atoms with Crippen LogP contribution in [0.25, 0.3) is 11.0 Å². The van der Waals surface area contributed by atoms with Gasteiger partial charge in [0.15, 0.2) is 0 Å². The van der Waals surface area contributed by atoms with Crippen LogP contribution >= 0.6 is 11.6 Å². The topological polar surface area (TPSA) is 88.1 Å². The highest BCUT2D eigenvalue weighted by Crippen LogP contribution is 2.34. The van der Waals surface area contributed by atoms with Crippen LogP contribution in [0.2, 0.25) is 5.02 Å². The molecule has 8 heteroatoms. The van der Waals surface area contributed by atoms with E-state index in [9.17, 15) is 14.4 Å². The van der Waals surface area contributed by atoms with Crippen LogP contribution in [0.15, 0.2) is 46.1 Å². The monoisotopic (exact) mass is 398 g/mol. The Morgan fingerprint density at radius 2 is 1.96 bits per heavy atom. The molecule has 144 valence electrons. The molecule has 2 aromatic heterocycles. The lowest BCUT2D eigenvalue weighted by atomic mass is 10.1. The Morgan fingerprint density at radius 1 is 1.29 bits per heavy atom. The van der Waals surface area contributed by atoms with Crippen LogP contribution in [-0.4, -0.2) is 32.4 Å². The number of nitrogens with one attached hydrogen (secondary N) is 1. The molecule has 1 saturated carbocycles. The number of aromatic nitrogens is 3. The van der Waals surface area contributed by atoms with Gasteiger partial charge in [-0.1, -0.05) is 23.7 Å². The molecule has 0 spiro atoms. The second-order valence-electron chi connectivity index (χ2n) is 7.10. The van der Waals surface area contributed by atoms with Crippen molar-refractivity contribution in [2.24, 2.45) is 0 Å². The van der Waals surface area contributed by atoms with E-state index in [4.69, 9.17) is 11.6 Å². The Balaban J connectivity index is 1.70. The Hall–Kier alpha value is -2.93. The molecule has 4 rings (SSSR count). The normalized spacial score (nSPS) is 14.8. The van der Waals surface area contributed by atoms with Crippen molar-refractivity contribution in [2.75, 3.05) is 7.05 Å². The van der Waals surface area contributed by atoms with E-state index < -0.39 is 11.2 Å². The van der Waals surface area contributed by atoms with Crippen molar-refractivity contribution in [3.8, 4) is 0 Å². The van der Waals surface area contributed by atoms with Crippen molar-refractivity contribution in [3.05, 3.63) is 73.5 Å². The van der Waals surface area contributed by atoms with Gasteiger partial charge in [-0.2, -0.15) is 0 Å². The van der Waals surface area contributed by atoms with Gasteiger partial charge in [-0.3, -0.25) is 19.1 Å². The lowest BCUT2D eigenvalue weighted by Crippen LogP contribution is -2.32. The highest BCUT2D eigenvalue weighted by atomic mass is 35.5. The van der Waals surface area contributed by atoms with Crippen molar-refractivity contribution in [2.45, 2.75) is 31.8 Å². The third kappa shape index (κ3) is 3.22. The second kappa shape index (κ2) is 6.91. The van der Waals surface area contributed by atoms with Gasteiger partial charge in [0, 0.05) is 24.3 Å². The third-order valence-electron chi connectivity index (χ3n) is 5.19. The molecule has 28 heavy (non-hydrogen) atoms. The molecule has 1 fully saturated rings. The number of nitrogens with zero attached hydrogens (tertiary/aromatic N) is 3. The van der Waals surface area contributed by atoms with Gasteiger partial charge in [-0.05, 0) is 43.5 Å². The zero-order valence-electron chi connectivity index (χ0n) is 15.5. The summed E-state index contributed by atoms with van der Waals surface area (Å²) in [4.78, 5) is 45.6. The van der Waals surface area contributed by atoms with Gasteiger partial charge in [0.2, 0.25) is 0 Å². The number of pyridine rings is 1. The molecule has 0 unspecified atom stereocenters. The van der Waals surface area contributed by atoms with Crippen molar-refractivity contribution >= 4 is 28.5 Å². The summed E-state index contributed by atoms with van der Waals surface area (Å²) in [5, 5.41) is 0.870. The summed E-state index contributed by atoms with van der Waals surface area (Å²) in [5.74, 6) is -0.263. The van der Waals surface area contributed by atoms with E-state index >= 15 is 0 Å². The van der Waals surface area contributed by atoms with Gasteiger partial charge in [0.25, 0.3) is 11.5 Å². The zero-order chi connectivity index (χ0) is 20.0. The minimum atomic E-state index is -0.535. The first-order valence-corrected chi connectivity index (χ1v) is 9.42. The van der Waals surface area contributed by atoms with Crippen molar-refractivity contribution < 1.29 is 4.79 Å². The van der Waals surface area contributed by atoms with Gasteiger partial charge in [-0.15, -0.1) is 0 Å². The third-order valence-corrected chi connectivity index (χ3v) is 5.44. The molecule has 3 aromatic rings. The summed E-state index contributed by atoms with van der Waals surface area (Å²) >= 11 is 5.93. The average Bonchev–Trinajstić information content (AvgIpc) is 3.51. The first-order chi connectivity index (χ1) is 13.4. The van der Waals surface area contributed by atoms with Crippen molar-refractivity contribution in [3.63, 3.8) is 0 Å². The van der Waals surface area contributed by atoms with E-state index in [0.29, 0.717) is 16.2 Å². The second-order valence-corrected chi connectivity index (χ2v) is 7.54. The largest absolute Gasteiger partial charge is 0.335 e. The fraction of sp³-hybridized carbons (Fsp3) is 0.300. The molecule has 1 aliphatic carbocycles. The quantitative estimate of drug-likeness (QED) is 0.731. The summed E-state index contributed by atoms with van der Waals surface area (Å²) < 4.78 is 1.50. The first kappa shape index (κ1) is 18.4. The highest BCUT2D eigenvalue weighted by molar-refractivity contribution is 6.30. The highest BCUT2D eigenvalue weighted by Gasteiger charge is 2.28. The van der Waals surface area contributed by atoms with Crippen LogP contribution in [-0.2, 0) is 0 Å². The van der Waals surface area contributed by atoms with E-state index in [1.54, 1.807) is 24.1 Å². The number of hydrogen-bond acceptors (Lipinski definition) is 4. The zero-order valence-corrected chi connectivity index (χ0v) is 16.2. The van der Waals surface area contributed by atoms with Crippen molar-refractivity contribution in [1.82, 2.24) is 19.4 Å². The number of benzene rings is 1. The fourth-order valence-electron chi connectivity index (χ4n) is 3.27. The standard InChI is InChI=1S/C20H19ClN4O3/c1-11(12-3-5-14(21)6-4-12)24(2)19(27)13-9-16-17(22-10-13)25(15-7-8-15)20(28)23-18(16)26/h3-6,9-11,15H,7-8H2,1-2H3,(H,23,26,28)/t11-/m1/s1. The maximum atomic E-state index is 13.0. The number of aromatic amines is 1. The molecular weight excluding hydrogens is 380 g/mol. The van der Waals surface area contributed by atoms with Gasteiger partial charge < -0.3 is 4.90 Å². The number of halogens is 1. The smallest absolute Gasteiger partial charge is 0.330 e. The summed E-state index contributed by atoms with van der Waals surface area (Å²) in [5.41, 5.74) is 0.561.